The van der Waals surface area contributed by atoms with Crippen molar-refractivity contribution in [3.05, 3.63) is 58.6 Å². The van der Waals surface area contributed by atoms with Crippen LogP contribution in [0.15, 0.2) is 51.7 Å². The van der Waals surface area contributed by atoms with Gasteiger partial charge in [-0.1, -0.05) is 30.3 Å². The van der Waals surface area contributed by atoms with E-state index >= 15 is 0 Å². The van der Waals surface area contributed by atoms with E-state index < -0.39 is 29.7 Å². The van der Waals surface area contributed by atoms with Crippen LogP contribution < -0.4 is 11.1 Å². The van der Waals surface area contributed by atoms with Crippen LogP contribution in [0.1, 0.15) is 32.8 Å². The number of likely N-dealkylation sites (N-methyl/N-ethyl adjacent to an activating group) is 1. The van der Waals surface area contributed by atoms with Gasteiger partial charge in [0.05, 0.1) is 18.1 Å². The first kappa shape index (κ1) is 30.8. The summed E-state index contributed by atoms with van der Waals surface area (Å²) in [5.41, 5.74) is 3.37. The van der Waals surface area contributed by atoms with E-state index in [4.69, 9.17) is 13.9 Å². The lowest BCUT2D eigenvalue weighted by Crippen LogP contribution is -2.48. The molecule has 0 spiro atoms. The third-order valence-electron chi connectivity index (χ3n) is 6.86. The molecule has 3 aromatic rings. The van der Waals surface area contributed by atoms with Crippen molar-refractivity contribution in [3.63, 3.8) is 0 Å². The molecule has 1 aromatic heterocycles. The Bertz CT molecular complexity index is 1500. The lowest BCUT2D eigenvalue weighted by atomic mass is 10.0. The summed E-state index contributed by atoms with van der Waals surface area (Å²) in [6.07, 6.45) is -0.508. The van der Waals surface area contributed by atoms with E-state index in [9.17, 15) is 19.6 Å². The second-order valence-electron chi connectivity index (χ2n) is 11.7. The molecule has 1 aliphatic heterocycles. The maximum Gasteiger partial charge on any atom is 0.419 e. The highest BCUT2D eigenvalue weighted by atomic mass is 16.6. The predicted molar refractivity (Wildman–Crippen MR) is 158 cm³/mol. The molecule has 1 aliphatic rings. The van der Waals surface area contributed by atoms with Gasteiger partial charge in [-0.15, -0.1) is 0 Å². The number of nitrogens with zero attached hydrogens (tertiary/aromatic N) is 4. The van der Waals surface area contributed by atoms with Gasteiger partial charge in [-0.2, -0.15) is 5.26 Å². The van der Waals surface area contributed by atoms with Crippen LogP contribution in [0.5, 0.6) is 0 Å². The van der Waals surface area contributed by atoms with Crippen LogP contribution in [0, 0.1) is 11.3 Å². The fraction of sp³-hybridized carbons (Fsp3) is 0.484. The molecule has 0 bridgehead atoms. The highest BCUT2D eigenvalue weighted by Crippen LogP contribution is 2.25. The Labute approximate surface area is 245 Å². The predicted octanol–water partition coefficient (Wildman–Crippen LogP) is 3.40. The summed E-state index contributed by atoms with van der Waals surface area (Å²) in [7, 11) is 3.90. The minimum Gasteiger partial charge on any atom is -0.444 e. The maximum absolute atomic E-state index is 13.0. The largest absolute Gasteiger partial charge is 0.444 e. The number of hydrogen-bond acceptors (Lipinski definition) is 8. The molecular weight excluding hydrogens is 538 g/mol. The Kier molecular flexibility index (Phi) is 9.70. The zero-order chi connectivity index (χ0) is 30.4. The number of hydrogen-bond donors (Lipinski definition) is 1. The molecule has 11 nitrogen and oxygen atoms in total. The highest BCUT2D eigenvalue weighted by Gasteiger charge is 2.31. The Morgan fingerprint density at radius 3 is 2.55 bits per heavy atom. The fourth-order valence-electron chi connectivity index (χ4n) is 4.69. The lowest BCUT2D eigenvalue weighted by Gasteiger charge is -2.27. The first-order chi connectivity index (χ1) is 19.9. The molecule has 0 unspecified atom stereocenters. The lowest BCUT2D eigenvalue weighted by molar-refractivity contribution is -0.133. The van der Waals surface area contributed by atoms with Crippen LogP contribution in [0.4, 0.5) is 4.79 Å². The van der Waals surface area contributed by atoms with E-state index in [1.807, 2.05) is 55.4 Å². The van der Waals surface area contributed by atoms with Crippen LogP contribution in [-0.2, 0) is 27.2 Å². The monoisotopic (exact) mass is 577 g/mol. The molecule has 1 fully saturated rings. The summed E-state index contributed by atoms with van der Waals surface area (Å²) < 4.78 is 18.2. The van der Waals surface area contributed by atoms with Crippen molar-refractivity contribution in [1.29, 1.82) is 5.26 Å². The van der Waals surface area contributed by atoms with Gasteiger partial charge in [0.15, 0.2) is 11.7 Å². The number of carbonyl (C=O) groups excluding carboxylic acids is 2. The van der Waals surface area contributed by atoms with Gasteiger partial charge in [-0.3, -0.25) is 9.36 Å². The number of aromatic nitrogens is 1. The third kappa shape index (κ3) is 7.99. The maximum atomic E-state index is 13.0. The molecule has 2 heterocycles. The van der Waals surface area contributed by atoms with E-state index in [1.165, 1.54) is 4.90 Å². The number of amides is 2. The quantitative estimate of drug-likeness (QED) is 0.431. The molecule has 0 saturated carbocycles. The normalized spacial score (nSPS) is 16.6. The van der Waals surface area contributed by atoms with Gasteiger partial charge >= 0.3 is 11.8 Å². The van der Waals surface area contributed by atoms with Crippen molar-refractivity contribution in [1.82, 2.24) is 19.7 Å². The SMILES string of the molecule is CN(C)CCn1c(=O)oc2ccc(-c3ccc(C[C@@H](C#N)NC(=O)[C@@H]4CN(C(=O)OC(C)(C)C)CCCO4)cc3)cc21. The van der Waals surface area contributed by atoms with Crippen LogP contribution in [0.25, 0.3) is 22.2 Å². The van der Waals surface area contributed by atoms with Gasteiger partial charge in [0.25, 0.3) is 5.91 Å². The number of oxazole rings is 1. The number of benzene rings is 2. The van der Waals surface area contributed by atoms with E-state index in [2.05, 4.69) is 11.4 Å². The molecule has 2 amide bonds. The van der Waals surface area contributed by atoms with E-state index in [1.54, 1.807) is 31.4 Å². The average Bonchev–Trinajstić information content (AvgIpc) is 3.08. The van der Waals surface area contributed by atoms with Gasteiger partial charge in [0.2, 0.25) is 0 Å². The number of fused-ring (bicyclic) bond motifs is 1. The first-order valence-electron chi connectivity index (χ1n) is 14.1. The second-order valence-corrected chi connectivity index (χ2v) is 11.7. The van der Waals surface area contributed by atoms with Crippen LogP contribution in [0.3, 0.4) is 0 Å². The Morgan fingerprint density at radius 2 is 1.88 bits per heavy atom. The summed E-state index contributed by atoms with van der Waals surface area (Å²) in [6, 6.07) is 14.7. The number of nitriles is 1. The first-order valence-corrected chi connectivity index (χ1v) is 14.1. The fourth-order valence-corrected chi connectivity index (χ4v) is 4.69. The molecule has 1 N–H and O–H groups in total. The molecule has 0 aliphatic carbocycles. The minimum absolute atomic E-state index is 0.0532. The zero-order valence-electron chi connectivity index (χ0n) is 24.9. The van der Waals surface area contributed by atoms with E-state index in [0.717, 1.165) is 22.2 Å². The Balaban J connectivity index is 1.40. The molecule has 224 valence electrons. The molecular formula is C31H39N5O6. The number of rotatable bonds is 8. The molecule has 42 heavy (non-hydrogen) atoms. The minimum atomic E-state index is -0.897. The second kappa shape index (κ2) is 13.2. The van der Waals surface area contributed by atoms with Crippen LogP contribution in [-0.4, -0.2) is 84.5 Å². The van der Waals surface area contributed by atoms with Crippen LogP contribution >= 0.6 is 0 Å². The summed E-state index contributed by atoms with van der Waals surface area (Å²) in [4.78, 5) is 41.4. The van der Waals surface area contributed by atoms with E-state index in [0.29, 0.717) is 44.7 Å². The summed E-state index contributed by atoms with van der Waals surface area (Å²) in [6.45, 7) is 7.40. The van der Waals surface area contributed by atoms with Crippen molar-refractivity contribution in [2.45, 2.75) is 57.9 Å². The Morgan fingerprint density at radius 1 is 1.17 bits per heavy atom. The summed E-state index contributed by atoms with van der Waals surface area (Å²) >= 11 is 0. The Hall–Kier alpha value is -4.14. The average molecular weight is 578 g/mol. The van der Waals surface area contributed by atoms with Crippen LogP contribution in [0.2, 0.25) is 0 Å². The molecule has 2 atom stereocenters. The molecule has 4 rings (SSSR count). The molecule has 1 saturated heterocycles. The van der Waals surface area contributed by atoms with Gasteiger partial charge in [-0.25, -0.2) is 9.59 Å². The van der Waals surface area contributed by atoms with Gasteiger partial charge in [0, 0.05) is 32.7 Å². The molecule has 2 aromatic carbocycles. The third-order valence-corrected chi connectivity index (χ3v) is 6.86. The smallest absolute Gasteiger partial charge is 0.419 e. The van der Waals surface area contributed by atoms with Gasteiger partial charge in [0.1, 0.15) is 11.6 Å². The zero-order valence-corrected chi connectivity index (χ0v) is 24.9. The van der Waals surface area contributed by atoms with Crippen molar-refractivity contribution < 1.29 is 23.5 Å². The number of carbonyl (C=O) groups is 2. The van der Waals surface area contributed by atoms with Crippen molar-refractivity contribution >= 4 is 23.1 Å². The topological polar surface area (TPSA) is 130 Å². The molecule has 11 heteroatoms. The van der Waals surface area contributed by atoms with Crippen molar-refractivity contribution in [2.75, 3.05) is 40.3 Å². The highest BCUT2D eigenvalue weighted by molar-refractivity contribution is 5.83. The van der Waals surface area contributed by atoms with Crippen molar-refractivity contribution in [3.8, 4) is 17.2 Å². The summed E-state index contributed by atoms with van der Waals surface area (Å²) in [5.74, 6) is -0.821. The van der Waals surface area contributed by atoms with Gasteiger partial charge in [-0.05, 0) is 70.1 Å². The van der Waals surface area contributed by atoms with Gasteiger partial charge < -0.3 is 29.0 Å². The number of nitrogens with one attached hydrogen (secondary N) is 1. The van der Waals surface area contributed by atoms with E-state index in [-0.39, 0.29) is 12.3 Å². The number of ether oxygens (including phenoxy) is 2. The molecule has 0 radical (unpaired) electrons. The van der Waals surface area contributed by atoms with Crippen molar-refractivity contribution in [2.24, 2.45) is 0 Å². The summed E-state index contributed by atoms with van der Waals surface area (Å²) in [5, 5.41) is 12.5. The standard InChI is InChI=1S/C31H39N5O6/c1-31(2,3)42-29(38)35-13-6-16-40-27(20-35)28(37)33-24(19-32)17-21-7-9-22(10-8-21)23-11-12-26-25(18-23)36(30(39)41-26)15-14-34(4)5/h7-12,18,24,27H,6,13-17,20H2,1-5H3,(H,33,37)/t24-,27-/m0/s1.